The number of aryl methyl sites for hydroxylation is 2. The standard InChI is InChI=1S/C29H26N2O6S2/c1-19-3-7-21(8-4-19)17-30-38(33,34)23-11-13-27-25(15-23)29(32)26-16-24(12-14-28(26)37-27)39(35,36)31-18-22-9-5-20(2)6-10-22/h3-16,30-31H,17-18H2,1-2H3. The molecule has 1 heterocycles. The van der Waals surface area contributed by atoms with Crippen LogP contribution in [-0.2, 0) is 33.1 Å². The molecule has 0 radical (unpaired) electrons. The smallest absolute Gasteiger partial charge is 0.240 e. The van der Waals surface area contributed by atoms with E-state index in [0.29, 0.717) is 0 Å². The molecule has 39 heavy (non-hydrogen) atoms. The van der Waals surface area contributed by atoms with Crippen molar-refractivity contribution in [3.8, 4) is 0 Å². The van der Waals surface area contributed by atoms with Crippen LogP contribution in [0.1, 0.15) is 22.3 Å². The second kappa shape index (κ2) is 10.4. The van der Waals surface area contributed by atoms with Gasteiger partial charge in [0.1, 0.15) is 11.2 Å². The van der Waals surface area contributed by atoms with Crippen molar-refractivity contribution in [1.82, 2.24) is 9.44 Å². The van der Waals surface area contributed by atoms with E-state index in [1.165, 1.54) is 36.4 Å². The highest BCUT2D eigenvalue weighted by Gasteiger charge is 2.19. The lowest BCUT2D eigenvalue weighted by atomic mass is 10.1. The fraction of sp³-hybridized carbons (Fsp3) is 0.138. The fourth-order valence-electron chi connectivity index (χ4n) is 4.08. The van der Waals surface area contributed by atoms with Gasteiger partial charge in [-0.1, -0.05) is 59.7 Å². The van der Waals surface area contributed by atoms with Crippen LogP contribution in [0, 0.1) is 13.8 Å². The predicted molar refractivity (Wildman–Crippen MR) is 150 cm³/mol. The van der Waals surface area contributed by atoms with Crippen LogP contribution in [0.3, 0.4) is 0 Å². The Morgan fingerprint density at radius 3 is 1.36 bits per heavy atom. The van der Waals surface area contributed by atoms with Gasteiger partial charge in [-0.3, -0.25) is 4.79 Å². The quantitative estimate of drug-likeness (QED) is 0.268. The highest BCUT2D eigenvalue weighted by Crippen LogP contribution is 2.24. The summed E-state index contributed by atoms with van der Waals surface area (Å²) in [5.41, 5.74) is 3.56. The van der Waals surface area contributed by atoms with Crippen molar-refractivity contribution in [3.63, 3.8) is 0 Å². The predicted octanol–water partition coefficient (Wildman–Crippen LogP) is 4.52. The molecule has 0 aliphatic heterocycles. The van der Waals surface area contributed by atoms with Crippen LogP contribution in [0.5, 0.6) is 0 Å². The SMILES string of the molecule is Cc1ccc(CNS(=O)(=O)c2ccc3oc4ccc(S(=O)(=O)NCc5ccc(C)cc5)cc4c(=O)c3c2)cc1. The van der Waals surface area contributed by atoms with Crippen LogP contribution in [-0.4, -0.2) is 16.8 Å². The lowest BCUT2D eigenvalue weighted by molar-refractivity contribution is 0.580. The second-order valence-electron chi connectivity index (χ2n) is 9.37. The maximum atomic E-state index is 13.4. The molecule has 0 aliphatic carbocycles. The number of sulfonamides is 2. The Morgan fingerprint density at radius 1 is 0.590 bits per heavy atom. The van der Waals surface area contributed by atoms with E-state index in [1.807, 2.05) is 62.4 Å². The molecule has 0 amide bonds. The van der Waals surface area contributed by atoms with Gasteiger partial charge in [-0.05, 0) is 61.4 Å². The fourth-order valence-corrected chi connectivity index (χ4v) is 6.17. The molecular weight excluding hydrogens is 536 g/mol. The van der Waals surface area contributed by atoms with Gasteiger partial charge in [0.2, 0.25) is 25.5 Å². The Labute approximate surface area is 226 Å². The van der Waals surface area contributed by atoms with Crippen molar-refractivity contribution in [1.29, 1.82) is 0 Å². The molecule has 2 N–H and O–H groups in total. The minimum Gasteiger partial charge on any atom is -0.456 e. The zero-order valence-corrected chi connectivity index (χ0v) is 22.9. The summed E-state index contributed by atoms with van der Waals surface area (Å²) in [5.74, 6) is 0. The molecule has 0 saturated heterocycles. The van der Waals surface area contributed by atoms with Gasteiger partial charge in [-0.2, -0.15) is 0 Å². The lowest BCUT2D eigenvalue weighted by Gasteiger charge is -2.10. The Bertz CT molecular complexity index is 1820. The molecule has 4 aromatic carbocycles. The summed E-state index contributed by atoms with van der Waals surface area (Å²) >= 11 is 0. The molecule has 10 heteroatoms. The number of hydrogen-bond donors (Lipinski definition) is 2. The van der Waals surface area contributed by atoms with E-state index in [4.69, 9.17) is 4.42 Å². The molecule has 0 spiro atoms. The van der Waals surface area contributed by atoms with Crippen molar-refractivity contribution >= 4 is 42.0 Å². The largest absolute Gasteiger partial charge is 0.456 e. The van der Waals surface area contributed by atoms with Crippen molar-refractivity contribution < 1.29 is 21.3 Å². The number of nitrogens with one attached hydrogen (secondary N) is 2. The monoisotopic (exact) mass is 562 g/mol. The summed E-state index contributed by atoms with van der Waals surface area (Å²) in [6, 6.07) is 23.0. The van der Waals surface area contributed by atoms with E-state index in [0.717, 1.165) is 22.3 Å². The van der Waals surface area contributed by atoms with Crippen molar-refractivity contribution in [2.24, 2.45) is 0 Å². The topological polar surface area (TPSA) is 123 Å². The highest BCUT2D eigenvalue weighted by molar-refractivity contribution is 7.89. The third kappa shape index (κ3) is 5.79. The summed E-state index contributed by atoms with van der Waals surface area (Å²) in [5, 5.41) is 0.0609. The van der Waals surface area contributed by atoms with E-state index in [2.05, 4.69) is 9.44 Å². The van der Waals surface area contributed by atoms with Gasteiger partial charge in [-0.15, -0.1) is 0 Å². The first-order valence-electron chi connectivity index (χ1n) is 12.1. The first kappa shape index (κ1) is 26.8. The Balaban J connectivity index is 1.45. The molecule has 0 bridgehead atoms. The van der Waals surface area contributed by atoms with E-state index in [-0.39, 0.29) is 44.8 Å². The van der Waals surface area contributed by atoms with Crippen LogP contribution < -0.4 is 14.9 Å². The molecule has 0 unspecified atom stereocenters. The van der Waals surface area contributed by atoms with Gasteiger partial charge in [0.05, 0.1) is 20.6 Å². The van der Waals surface area contributed by atoms with Gasteiger partial charge in [-0.25, -0.2) is 26.3 Å². The van der Waals surface area contributed by atoms with Crippen LogP contribution in [0.2, 0.25) is 0 Å². The first-order chi connectivity index (χ1) is 18.5. The maximum Gasteiger partial charge on any atom is 0.240 e. The summed E-state index contributed by atoms with van der Waals surface area (Å²) in [7, 11) is -7.87. The van der Waals surface area contributed by atoms with Gasteiger partial charge < -0.3 is 4.42 Å². The molecule has 0 fully saturated rings. The lowest BCUT2D eigenvalue weighted by Crippen LogP contribution is -2.23. The Morgan fingerprint density at radius 2 is 0.974 bits per heavy atom. The summed E-state index contributed by atoms with van der Waals surface area (Å²) < 4.78 is 62.7. The molecule has 5 aromatic rings. The molecule has 1 aromatic heterocycles. The third-order valence-electron chi connectivity index (χ3n) is 6.41. The molecular formula is C29H26N2O6S2. The Kier molecular flexibility index (Phi) is 7.13. The molecule has 0 atom stereocenters. The first-order valence-corrected chi connectivity index (χ1v) is 15.1. The van der Waals surface area contributed by atoms with E-state index < -0.39 is 25.5 Å². The normalized spacial score (nSPS) is 12.3. The molecule has 0 aliphatic rings. The van der Waals surface area contributed by atoms with Crippen molar-refractivity contribution in [2.45, 2.75) is 36.7 Å². The van der Waals surface area contributed by atoms with Crippen LogP contribution in [0.4, 0.5) is 0 Å². The molecule has 8 nitrogen and oxygen atoms in total. The third-order valence-corrected chi connectivity index (χ3v) is 9.20. The van der Waals surface area contributed by atoms with Gasteiger partial charge in [0, 0.05) is 13.1 Å². The molecule has 200 valence electrons. The van der Waals surface area contributed by atoms with Gasteiger partial charge >= 0.3 is 0 Å². The maximum absolute atomic E-state index is 13.4. The molecule has 5 rings (SSSR count). The van der Waals surface area contributed by atoms with E-state index in [1.54, 1.807) is 0 Å². The summed E-state index contributed by atoms with van der Waals surface area (Å²) in [6.07, 6.45) is 0. The highest BCUT2D eigenvalue weighted by atomic mass is 32.2. The average Bonchev–Trinajstić information content (AvgIpc) is 2.92. The zero-order chi connectivity index (χ0) is 27.8. The van der Waals surface area contributed by atoms with Crippen LogP contribution in [0.15, 0.2) is 104 Å². The number of benzene rings is 4. The minimum atomic E-state index is -3.93. The van der Waals surface area contributed by atoms with Crippen molar-refractivity contribution in [2.75, 3.05) is 0 Å². The zero-order valence-electron chi connectivity index (χ0n) is 21.3. The van der Waals surface area contributed by atoms with Crippen LogP contribution in [0.25, 0.3) is 21.9 Å². The van der Waals surface area contributed by atoms with Crippen LogP contribution >= 0.6 is 0 Å². The van der Waals surface area contributed by atoms with Gasteiger partial charge in [0.15, 0.2) is 0 Å². The average molecular weight is 563 g/mol. The number of fused-ring (bicyclic) bond motifs is 2. The number of rotatable bonds is 8. The summed E-state index contributed by atoms with van der Waals surface area (Å²) in [4.78, 5) is 13.2. The van der Waals surface area contributed by atoms with Gasteiger partial charge in [0.25, 0.3) is 0 Å². The number of hydrogen-bond acceptors (Lipinski definition) is 6. The van der Waals surface area contributed by atoms with E-state index in [9.17, 15) is 21.6 Å². The minimum absolute atomic E-state index is 0.0304. The second-order valence-corrected chi connectivity index (χ2v) is 12.9. The Hall–Kier alpha value is -3.83. The summed E-state index contributed by atoms with van der Waals surface area (Å²) in [6.45, 7) is 4.06. The van der Waals surface area contributed by atoms with Crippen molar-refractivity contribution in [3.05, 3.63) is 117 Å². The molecule has 0 saturated carbocycles. The van der Waals surface area contributed by atoms with E-state index >= 15 is 0 Å².